The summed E-state index contributed by atoms with van der Waals surface area (Å²) in [4.78, 5) is 50.7. The first-order valence-corrected chi connectivity index (χ1v) is 16.2. The van der Waals surface area contributed by atoms with E-state index >= 15 is 0 Å². The molecule has 3 unspecified atom stereocenters. The van der Waals surface area contributed by atoms with Crippen LogP contribution in [0.15, 0.2) is 60.9 Å². The zero-order valence-corrected chi connectivity index (χ0v) is 28.5. The van der Waals surface area contributed by atoms with Gasteiger partial charge in [-0.05, 0) is 75.0 Å². The Morgan fingerprint density at radius 2 is 1.80 bits per heavy atom. The van der Waals surface area contributed by atoms with Gasteiger partial charge >= 0.3 is 5.97 Å². The number of benzene rings is 1. The number of amides is 2. The minimum absolute atomic E-state index is 0. The van der Waals surface area contributed by atoms with Crippen molar-refractivity contribution < 1.29 is 41.4 Å². The van der Waals surface area contributed by atoms with E-state index in [9.17, 15) is 19.5 Å². The summed E-state index contributed by atoms with van der Waals surface area (Å²) < 4.78 is 0. The number of carboxylic acid groups (broad SMARTS) is 1. The number of anilines is 1. The Bertz CT molecular complexity index is 1670. The van der Waals surface area contributed by atoms with Crippen LogP contribution in [0, 0.1) is 0 Å². The topological polar surface area (TPSA) is 268 Å². The first kappa shape index (κ1) is 41.6. The van der Waals surface area contributed by atoms with Crippen molar-refractivity contribution in [2.24, 2.45) is 5.73 Å². The van der Waals surface area contributed by atoms with Crippen molar-refractivity contribution in [1.29, 1.82) is 0 Å². The van der Waals surface area contributed by atoms with E-state index in [-0.39, 0.29) is 51.2 Å². The monoisotopic (exact) mass is 694 g/mol. The van der Waals surface area contributed by atoms with Crippen molar-refractivity contribution in [3.8, 4) is 0 Å². The predicted molar refractivity (Wildman–Crippen MR) is 191 cm³/mol. The fraction of sp³-hybridized carbons (Fsp3) is 0.417. The number of pyridine rings is 2. The molecule has 4 atom stereocenters. The van der Waals surface area contributed by atoms with E-state index in [1.807, 2.05) is 35.2 Å². The summed E-state index contributed by atoms with van der Waals surface area (Å²) in [6.07, 6.45) is 11.8. The van der Waals surface area contributed by atoms with Crippen LogP contribution in [-0.2, 0) is 27.8 Å². The van der Waals surface area contributed by atoms with Crippen LogP contribution in [0.4, 0.5) is 5.82 Å². The first-order valence-electron chi connectivity index (χ1n) is 16.2. The van der Waals surface area contributed by atoms with Crippen LogP contribution in [0.1, 0.15) is 76.8 Å². The zero-order valence-electron chi connectivity index (χ0n) is 28.5. The number of likely N-dealkylation sites (tertiary alicyclic amines) is 1. The number of carbonyl (C=O) groups excluding carboxylic acids is 2. The summed E-state index contributed by atoms with van der Waals surface area (Å²) >= 11 is 0. The van der Waals surface area contributed by atoms with E-state index in [1.165, 1.54) is 11.8 Å². The highest BCUT2D eigenvalue weighted by molar-refractivity contribution is 6.06. The van der Waals surface area contributed by atoms with Gasteiger partial charge in [-0.3, -0.25) is 14.6 Å². The highest BCUT2D eigenvalue weighted by Gasteiger charge is 2.52. The molecule has 0 saturated carbocycles. The third-order valence-corrected chi connectivity index (χ3v) is 9.94. The summed E-state index contributed by atoms with van der Waals surface area (Å²) in [7, 11) is 2.09. The summed E-state index contributed by atoms with van der Waals surface area (Å²) in [6, 6.07) is 13.7. The first-order chi connectivity index (χ1) is 22.2. The Kier molecular flexibility index (Phi) is 14.5. The average molecular weight is 695 g/mol. The molecule has 12 N–H and O–H groups in total. The van der Waals surface area contributed by atoms with Crippen molar-refractivity contribution in [2.75, 3.05) is 32.0 Å². The second kappa shape index (κ2) is 17.4. The Balaban J connectivity index is 0.00000217. The lowest BCUT2D eigenvalue weighted by atomic mass is 9.79. The Morgan fingerprint density at radius 1 is 1.06 bits per heavy atom. The standard InChI is InChI=1S/C36H42N6O4.4H2O/c1-23-28(25-11-5-3-6-12-25)18-30(37)33(43)42(23)15-8-4-7-13-41(2)14-9-10-24-16-29-32(39-21-24)40-35(46)36(29)19-26-17-27(34(44)45)22-38-31(26)20-36;;;;/h3,5-6,9-12,16-17,21-23,28,30H,4,7-8,13-15,18-20,37H2,1-2H3,(H,44,45)(H,39,40,46);4*1H2/b10-9+;;;;/t23?,28?,30?,36-;;;;/m0..../s1. The van der Waals surface area contributed by atoms with Crippen LogP contribution < -0.4 is 11.1 Å². The third-order valence-electron chi connectivity index (χ3n) is 9.94. The maximum Gasteiger partial charge on any atom is 0.337 e. The van der Waals surface area contributed by atoms with E-state index < -0.39 is 17.4 Å². The number of nitrogens with two attached hydrogens (primary N) is 1. The van der Waals surface area contributed by atoms with Crippen LogP contribution in [0.2, 0.25) is 0 Å². The van der Waals surface area contributed by atoms with Gasteiger partial charge in [0.2, 0.25) is 11.8 Å². The largest absolute Gasteiger partial charge is 0.478 e. The molecule has 1 fully saturated rings. The lowest BCUT2D eigenvalue weighted by Gasteiger charge is -2.42. The molecule has 2 aliphatic heterocycles. The molecule has 272 valence electrons. The number of aromatic carboxylic acids is 1. The maximum atomic E-state index is 13.2. The smallest absolute Gasteiger partial charge is 0.337 e. The van der Waals surface area contributed by atoms with Gasteiger partial charge in [0, 0.05) is 55.1 Å². The van der Waals surface area contributed by atoms with Crippen molar-refractivity contribution in [3.05, 3.63) is 94.4 Å². The van der Waals surface area contributed by atoms with Crippen molar-refractivity contribution in [2.45, 2.75) is 68.9 Å². The summed E-state index contributed by atoms with van der Waals surface area (Å²) in [5, 5.41) is 12.3. The van der Waals surface area contributed by atoms with Crippen molar-refractivity contribution in [3.63, 3.8) is 0 Å². The van der Waals surface area contributed by atoms with Gasteiger partial charge in [-0.1, -0.05) is 48.9 Å². The van der Waals surface area contributed by atoms with Gasteiger partial charge in [0.05, 0.1) is 17.0 Å². The van der Waals surface area contributed by atoms with E-state index in [0.29, 0.717) is 25.1 Å². The number of carbonyl (C=O) groups is 3. The molecule has 6 rings (SSSR count). The number of nitrogens with zero attached hydrogens (tertiary/aromatic N) is 4. The SMILES string of the molecule is CC1C(c2ccccc2)CC(N)C(=O)N1CCCCCN(C)C/C=C/c1cnc2c(c1)[C@@]1(Cc3cc(C(=O)O)cnc3C1)C(=O)N2.O.O.O.O. The molecular weight excluding hydrogens is 644 g/mol. The van der Waals surface area contributed by atoms with Gasteiger partial charge < -0.3 is 47.9 Å². The second-order valence-corrected chi connectivity index (χ2v) is 13.0. The van der Waals surface area contributed by atoms with Crippen LogP contribution in [0.5, 0.6) is 0 Å². The lowest BCUT2D eigenvalue weighted by Crippen LogP contribution is -2.55. The van der Waals surface area contributed by atoms with Crippen molar-refractivity contribution >= 4 is 29.7 Å². The fourth-order valence-electron chi connectivity index (χ4n) is 7.31. The van der Waals surface area contributed by atoms with E-state index in [1.54, 1.807) is 12.3 Å². The average Bonchev–Trinajstić information content (AvgIpc) is 3.56. The quantitative estimate of drug-likeness (QED) is 0.240. The molecule has 1 aliphatic carbocycles. The Labute approximate surface area is 291 Å². The van der Waals surface area contributed by atoms with Crippen LogP contribution in [0.25, 0.3) is 6.08 Å². The molecule has 2 aromatic heterocycles. The zero-order chi connectivity index (χ0) is 32.4. The maximum absolute atomic E-state index is 13.2. The number of hydrogen-bond donors (Lipinski definition) is 3. The van der Waals surface area contributed by atoms with E-state index in [4.69, 9.17) is 5.73 Å². The van der Waals surface area contributed by atoms with Crippen molar-refractivity contribution in [1.82, 2.24) is 19.8 Å². The van der Waals surface area contributed by atoms with Gasteiger partial charge in [0.1, 0.15) is 5.82 Å². The molecule has 3 aliphatic rings. The van der Waals surface area contributed by atoms with Crippen LogP contribution >= 0.6 is 0 Å². The molecule has 3 aromatic rings. The molecular formula is C36H50N6O8. The van der Waals surface area contributed by atoms with Crippen LogP contribution in [-0.4, -0.2) is 103 Å². The number of nitrogens with one attached hydrogen (secondary N) is 1. The Morgan fingerprint density at radius 3 is 2.52 bits per heavy atom. The molecule has 2 amide bonds. The highest BCUT2D eigenvalue weighted by Crippen LogP contribution is 2.46. The third kappa shape index (κ3) is 8.24. The van der Waals surface area contributed by atoms with Gasteiger partial charge in [0.15, 0.2) is 0 Å². The van der Waals surface area contributed by atoms with Gasteiger partial charge in [0.25, 0.3) is 0 Å². The number of carboxylic acids is 1. The molecule has 0 radical (unpaired) electrons. The number of aromatic nitrogens is 2. The van der Waals surface area contributed by atoms with E-state index in [0.717, 1.165) is 61.3 Å². The summed E-state index contributed by atoms with van der Waals surface area (Å²) in [6.45, 7) is 4.58. The highest BCUT2D eigenvalue weighted by atomic mass is 16.4. The lowest BCUT2D eigenvalue weighted by molar-refractivity contribution is -0.138. The molecule has 4 heterocycles. The number of likely N-dealkylation sites (N-methyl/N-ethyl adjacent to an activating group) is 1. The van der Waals surface area contributed by atoms with Gasteiger partial charge in [-0.25, -0.2) is 9.78 Å². The van der Waals surface area contributed by atoms with Gasteiger partial charge in [-0.15, -0.1) is 0 Å². The minimum Gasteiger partial charge on any atom is -0.478 e. The fourth-order valence-corrected chi connectivity index (χ4v) is 7.31. The molecule has 1 saturated heterocycles. The summed E-state index contributed by atoms with van der Waals surface area (Å²) in [5.41, 5.74) is 10.1. The summed E-state index contributed by atoms with van der Waals surface area (Å²) in [5.74, 6) is -0.269. The minimum atomic E-state index is -1.03. The Hall–Kier alpha value is -4.57. The molecule has 14 nitrogen and oxygen atoms in total. The molecule has 0 bridgehead atoms. The molecule has 1 spiro atoms. The normalized spacial score (nSPS) is 21.8. The predicted octanol–water partition coefficient (Wildman–Crippen LogP) is 0.712. The second-order valence-electron chi connectivity index (χ2n) is 13.0. The number of rotatable bonds is 11. The number of unbranched alkanes of at least 4 members (excludes halogenated alkanes) is 2. The molecule has 1 aromatic carbocycles. The molecule has 50 heavy (non-hydrogen) atoms. The number of piperidine rings is 1. The van der Waals surface area contributed by atoms with Crippen LogP contribution in [0.3, 0.4) is 0 Å². The van der Waals surface area contributed by atoms with Gasteiger partial charge in [-0.2, -0.15) is 0 Å². The number of hydrogen-bond acceptors (Lipinski definition) is 7. The van der Waals surface area contributed by atoms with E-state index in [2.05, 4.69) is 52.4 Å². The number of fused-ring (bicyclic) bond motifs is 3. The molecule has 14 heteroatoms.